The number of allylic oxidation sites excluding steroid dienone is 2. The molecule has 5 rings (SSSR count). The van der Waals surface area contributed by atoms with Gasteiger partial charge in [0.15, 0.2) is 5.78 Å². The summed E-state index contributed by atoms with van der Waals surface area (Å²) in [5, 5.41) is 10.7. The summed E-state index contributed by atoms with van der Waals surface area (Å²) in [6.07, 6.45) is 9.41. The normalized spacial score (nSPS) is 20.2. The Morgan fingerprint density at radius 3 is 2.33 bits per heavy atom. The average Bonchev–Trinajstić information content (AvgIpc) is 3.44. The van der Waals surface area contributed by atoms with E-state index in [4.69, 9.17) is 4.98 Å². The number of hydrogen-bond donors (Lipinski definition) is 1. The van der Waals surface area contributed by atoms with E-state index >= 15 is 0 Å². The summed E-state index contributed by atoms with van der Waals surface area (Å²) in [6.45, 7) is 12.2. The van der Waals surface area contributed by atoms with Crippen LogP contribution in [0.25, 0.3) is 22.2 Å². The first-order valence-corrected chi connectivity index (χ1v) is 14.4. The third-order valence-electron chi connectivity index (χ3n) is 8.02. The molecule has 2 aliphatic carbocycles. The van der Waals surface area contributed by atoms with Crippen LogP contribution in [0.15, 0.2) is 54.3 Å². The largest absolute Gasteiger partial charge is 0.512 e. The Morgan fingerprint density at radius 2 is 1.74 bits per heavy atom. The summed E-state index contributed by atoms with van der Waals surface area (Å²) < 4.78 is 0. The van der Waals surface area contributed by atoms with Crippen LogP contribution in [0.2, 0.25) is 0 Å². The monoisotopic (exact) mass is 703 g/mol. The number of aryl methyl sites for hydroxylation is 2. The SMILES string of the molecule is CC(C)CC(=O)/C=C(\O)CC(C)C.Cc1[c-]c(-c2ccc3c(C45CCC(CC4)C5)cccc3n2)cc(C)c1.[Ir]. The van der Waals surface area contributed by atoms with Crippen LogP contribution < -0.4 is 0 Å². The van der Waals surface area contributed by atoms with Crippen LogP contribution in [-0.4, -0.2) is 15.9 Å². The van der Waals surface area contributed by atoms with Crippen LogP contribution in [0.1, 0.15) is 89.3 Å². The summed E-state index contributed by atoms with van der Waals surface area (Å²) >= 11 is 0. The first-order valence-electron chi connectivity index (χ1n) is 14.4. The van der Waals surface area contributed by atoms with Crippen LogP contribution in [0.3, 0.4) is 0 Å². The zero-order chi connectivity index (χ0) is 27.4. The molecule has 1 aromatic heterocycles. The molecule has 2 aliphatic rings. The van der Waals surface area contributed by atoms with Crippen LogP contribution in [0, 0.1) is 37.7 Å². The van der Waals surface area contributed by atoms with E-state index in [2.05, 4.69) is 62.4 Å². The number of aliphatic hydroxyl groups excluding tert-OH is 1. The van der Waals surface area contributed by atoms with Crippen LogP contribution in [-0.2, 0) is 30.3 Å². The maximum atomic E-state index is 11.2. The second-order valence-electron chi connectivity index (χ2n) is 12.5. The summed E-state index contributed by atoms with van der Waals surface area (Å²) in [7, 11) is 0. The minimum atomic E-state index is 0. The van der Waals surface area contributed by atoms with Gasteiger partial charge < -0.3 is 5.11 Å². The van der Waals surface area contributed by atoms with Gasteiger partial charge in [-0.1, -0.05) is 65.8 Å². The van der Waals surface area contributed by atoms with Crippen molar-refractivity contribution in [2.75, 3.05) is 0 Å². The van der Waals surface area contributed by atoms with Gasteiger partial charge in [0.25, 0.3) is 0 Å². The van der Waals surface area contributed by atoms with E-state index in [0.717, 1.165) is 22.7 Å². The predicted octanol–water partition coefficient (Wildman–Crippen LogP) is 9.24. The molecule has 1 heterocycles. The molecule has 0 saturated heterocycles. The number of carbonyl (C=O) groups excluding carboxylic acids is 1. The second kappa shape index (κ2) is 13.4. The molecule has 3 nitrogen and oxygen atoms in total. The molecule has 0 amide bonds. The number of aliphatic hydroxyl groups is 1. The second-order valence-corrected chi connectivity index (χ2v) is 12.5. The van der Waals surface area contributed by atoms with Crippen molar-refractivity contribution in [1.82, 2.24) is 4.98 Å². The van der Waals surface area contributed by atoms with Gasteiger partial charge in [0.2, 0.25) is 0 Å². The standard InChI is InChI=1S/C24H24N.C11H20O2.Ir/c1-16-12-17(2)14-19(13-16)22-7-6-20-21(4-3-5-23(20)25-22)24-10-8-18(15-24)9-11-24;1-8(2)5-10(12)7-11(13)6-9(3)4;/h3-7,12-13,18H,8-11,15H2,1-2H3;7-9,12H,5-6H2,1-4H3;/q-1;;/b;10-7-;. The van der Waals surface area contributed by atoms with Crippen molar-refractivity contribution in [3.63, 3.8) is 0 Å². The van der Waals surface area contributed by atoms with E-state index < -0.39 is 0 Å². The van der Waals surface area contributed by atoms with Gasteiger partial charge >= 0.3 is 0 Å². The molecule has 3 aromatic rings. The number of hydrogen-bond acceptors (Lipinski definition) is 3. The van der Waals surface area contributed by atoms with Gasteiger partial charge in [-0.15, -0.1) is 34.9 Å². The number of rotatable bonds is 7. The van der Waals surface area contributed by atoms with Gasteiger partial charge in [0.1, 0.15) is 0 Å². The van der Waals surface area contributed by atoms with E-state index in [1.807, 2.05) is 27.7 Å². The predicted molar refractivity (Wildman–Crippen MR) is 158 cm³/mol. The van der Waals surface area contributed by atoms with E-state index in [-0.39, 0.29) is 31.6 Å². The Balaban J connectivity index is 0.000000260. The van der Waals surface area contributed by atoms with Crippen LogP contribution in [0.4, 0.5) is 0 Å². The number of benzene rings is 2. The Labute approximate surface area is 248 Å². The number of pyridine rings is 1. The molecular formula is C35H44IrNO2-. The van der Waals surface area contributed by atoms with E-state index in [9.17, 15) is 9.90 Å². The molecule has 0 atom stereocenters. The van der Waals surface area contributed by atoms with Crippen molar-refractivity contribution in [3.05, 3.63) is 77.1 Å². The number of fused-ring (bicyclic) bond motifs is 3. The Kier molecular flexibility index (Phi) is 10.7. The molecule has 39 heavy (non-hydrogen) atoms. The van der Waals surface area contributed by atoms with Gasteiger partial charge in [0, 0.05) is 44.4 Å². The molecule has 0 spiro atoms. The first kappa shape index (κ1) is 31.2. The van der Waals surface area contributed by atoms with E-state index in [0.29, 0.717) is 30.1 Å². The molecule has 2 aromatic carbocycles. The van der Waals surface area contributed by atoms with Crippen molar-refractivity contribution in [2.45, 2.75) is 91.9 Å². The van der Waals surface area contributed by atoms with Crippen LogP contribution >= 0.6 is 0 Å². The zero-order valence-corrected chi connectivity index (χ0v) is 26.8. The molecule has 1 radical (unpaired) electrons. The fourth-order valence-corrected chi connectivity index (χ4v) is 6.50. The van der Waals surface area contributed by atoms with Crippen molar-refractivity contribution in [2.24, 2.45) is 17.8 Å². The minimum absolute atomic E-state index is 0. The topological polar surface area (TPSA) is 50.2 Å². The molecule has 2 saturated carbocycles. The Hall–Kier alpha value is -2.29. The molecule has 1 N–H and O–H groups in total. The maximum absolute atomic E-state index is 11.2. The van der Waals surface area contributed by atoms with Gasteiger partial charge in [-0.05, 0) is 72.6 Å². The maximum Gasteiger partial charge on any atom is 0.159 e. The van der Waals surface area contributed by atoms with Gasteiger partial charge in [-0.25, -0.2) is 0 Å². The van der Waals surface area contributed by atoms with Crippen molar-refractivity contribution < 1.29 is 30.0 Å². The van der Waals surface area contributed by atoms with Gasteiger partial charge in [-0.3, -0.25) is 9.78 Å². The first-order chi connectivity index (χ1) is 18.0. The summed E-state index contributed by atoms with van der Waals surface area (Å²) in [4.78, 5) is 16.2. The minimum Gasteiger partial charge on any atom is -0.512 e. The van der Waals surface area contributed by atoms with Crippen LogP contribution in [0.5, 0.6) is 0 Å². The summed E-state index contributed by atoms with van der Waals surface area (Å²) in [5.74, 6) is 1.94. The average molecular weight is 703 g/mol. The quantitative estimate of drug-likeness (QED) is 0.152. The number of aromatic nitrogens is 1. The molecule has 0 aliphatic heterocycles. The summed E-state index contributed by atoms with van der Waals surface area (Å²) in [5.41, 5.74) is 7.69. The zero-order valence-electron chi connectivity index (χ0n) is 24.4. The number of nitrogens with zero attached hydrogens (tertiary/aromatic N) is 1. The third kappa shape index (κ3) is 7.89. The fraction of sp³-hybridized carbons (Fsp3) is 0.486. The summed E-state index contributed by atoms with van der Waals surface area (Å²) in [6, 6.07) is 19.0. The number of carbonyl (C=O) groups is 1. The van der Waals surface area contributed by atoms with Gasteiger partial charge in [0.05, 0.1) is 11.3 Å². The van der Waals surface area contributed by atoms with E-state index in [1.165, 1.54) is 54.7 Å². The van der Waals surface area contributed by atoms with E-state index in [1.54, 1.807) is 5.56 Å². The molecule has 2 bridgehead atoms. The van der Waals surface area contributed by atoms with Crippen molar-refractivity contribution in [3.8, 4) is 11.3 Å². The molecule has 4 heteroatoms. The third-order valence-corrected chi connectivity index (χ3v) is 8.02. The molecule has 211 valence electrons. The van der Waals surface area contributed by atoms with Crippen molar-refractivity contribution in [1.29, 1.82) is 0 Å². The number of ketones is 1. The Morgan fingerprint density at radius 1 is 1.05 bits per heavy atom. The van der Waals surface area contributed by atoms with Crippen molar-refractivity contribution >= 4 is 16.7 Å². The molecular weight excluding hydrogens is 659 g/mol. The smallest absolute Gasteiger partial charge is 0.159 e. The molecule has 2 fully saturated rings. The Bertz CT molecular complexity index is 1300. The fourth-order valence-electron chi connectivity index (χ4n) is 6.50. The molecule has 0 unspecified atom stereocenters. The van der Waals surface area contributed by atoms with Gasteiger partial charge in [-0.2, -0.15) is 0 Å².